The molecule has 1 aromatic carbocycles. The van der Waals surface area contributed by atoms with E-state index in [-0.39, 0.29) is 0 Å². The summed E-state index contributed by atoms with van der Waals surface area (Å²) in [4.78, 5) is 13.7. The molecule has 16 heavy (non-hydrogen) atoms. The van der Waals surface area contributed by atoms with Crippen LogP contribution in [0.2, 0.25) is 0 Å². The normalized spacial score (nSPS) is 12.8. The first-order valence-electron chi connectivity index (χ1n) is 5.19. The predicted octanol–water partition coefficient (Wildman–Crippen LogP) is 1.73. The van der Waals surface area contributed by atoms with E-state index in [1.54, 1.807) is 6.92 Å². The highest BCUT2D eigenvalue weighted by Crippen LogP contribution is 2.13. The van der Waals surface area contributed by atoms with E-state index in [0.717, 1.165) is 16.5 Å². The molecule has 4 heteroatoms. The van der Waals surface area contributed by atoms with Crippen molar-refractivity contribution in [3.05, 3.63) is 36.0 Å². The molecule has 0 saturated heterocycles. The van der Waals surface area contributed by atoms with Crippen molar-refractivity contribution in [1.82, 2.24) is 10.3 Å². The number of carboxylic acids is 1. The molecule has 84 valence electrons. The highest BCUT2D eigenvalue weighted by molar-refractivity contribution is 5.79. The Labute approximate surface area is 93.3 Å². The number of carboxylic acid groups (broad SMARTS) is 1. The molecule has 4 nitrogen and oxygen atoms in total. The van der Waals surface area contributed by atoms with Crippen LogP contribution >= 0.6 is 0 Å². The zero-order chi connectivity index (χ0) is 11.5. The van der Waals surface area contributed by atoms with E-state index >= 15 is 0 Å². The van der Waals surface area contributed by atoms with Crippen LogP contribution < -0.4 is 5.32 Å². The molecule has 0 bridgehead atoms. The van der Waals surface area contributed by atoms with Crippen molar-refractivity contribution in [2.75, 3.05) is 0 Å². The highest BCUT2D eigenvalue weighted by atomic mass is 16.4. The number of aromatic amines is 1. The van der Waals surface area contributed by atoms with Crippen LogP contribution in [-0.2, 0) is 11.3 Å². The van der Waals surface area contributed by atoms with Gasteiger partial charge in [-0.2, -0.15) is 0 Å². The Morgan fingerprint density at radius 3 is 3.06 bits per heavy atom. The third-order valence-corrected chi connectivity index (χ3v) is 2.60. The maximum atomic E-state index is 10.6. The Kier molecular flexibility index (Phi) is 2.92. The Bertz CT molecular complexity index is 504. The van der Waals surface area contributed by atoms with Crippen LogP contribution in [0.4, 0.5) is 0 Å². The molecule has 1 heterocycles. The number of fused-ring (bicyclic) bond motifs is 1. The van der Waals surface area contributed by atoms with Gasteiger partial charge in [-0.05, 0) is 30.0 Å². The van der Waals surface area contributed by atoms with E-state index < -0.39 is 12.0 Å². The first-order valence-corrected chi connectivity index (χ1v) is 5.19. The summed E-state index contributed by atoms with van der Waals surface area (Å²) in [7, 11) is 0. The minimum atomic E-state index is -0.832. The number of rotatable bonds is 4. The summed E-state index contributed by atoms with van der Waals surface area (Å²) in [5.41, 5.74) is 2.14. The summed E-state index contributed by atoms with van der Waals surface area (Å²) in [5.74, 6) is -0.832. The molecule has 0 saturated carbocycles. The van der Waals surface area contributed by atoms with E-state index in [1.807, 2.05) is 30.5 Å². The van der Waals surface area contributed by atoms with E-state index in [1.165, 1.54) is 0 Å². The first-order chi connectivity index (χ1) is 7.66. The second-order valence-electron chi connectivity index (χ2n) is 3.84. The SMILES string of the molecule is CC(NCc1ccc2cc[nH]c2c1)C(=O)O. The molecule has 2 rings (SSSR count). The maximum Gasteiger partial charge on any atom is 0.320 e. The Morgan fingerprint density at radius 1 is 1.50 bits per heavy atom. The van der Waals surface area contributed by atoms with Crippen molar-refractivity contribution in [1.29, 1.82) is 0 Å². The first kappa shape index (κ1) is 10.7. The van der Waals surface area contributed by atoms with Gasteiger partial charge in [-0.1, -0.05) is 12.1 Å². The zero-order valence-electron chi connectivity index (χ0n) is 9.03. The van der Waals surface area contributed by atoms with Crippen LogP contribution in [0.1, 0.15) is 12.5 Å². The third-order valence-electron chi connectivity index (χ3n) is 2.60. The van der Waals surface area contributed by atoms with Gasteiger partial charge in [0, 0.05) is 18.3 Å². The third kappa shape index (κ3) is 2.23. The van der Waals surface area contributed by atoms with Gasteiger partial charge in [0.15, 0.2) is 0 Å². The quantitative estimate of drug-likeness (QED) is 0.732. The van der Waals surface area contributed by atoms with E-state index in [0.29, 0.717) is 6.54 Å². The molecule has 2 aromatic rings. The van der Waals surface area contributed by atoms with Gasteiger partial charge in [0.2, 0.25) is 0 Å². The zero-order valence-corrected chi connectivity index (χ0v) is 9.03. The van der Waals surface area contributed by atoms with Crippen molar-refractivity contribution in [2.45, 2.75) is 19.5 Å². The standard InChI is InChI=1S/C12H14N2O2/c1-8(12(15)16)14-7-9-2-3-10-4-5-13-11(10)6-9/h2-6,8,13-14H,7H2,1H3,(H,15,16). The van der Waals surface area contributed by atoms with E-state index in [4.69, 9.17) is 5.11 Å². The monoisotopic (exact) mass is 218 g/mol. The number of H-pyrrole nitrogens is 1. The van der Waals surface area contributed by atoms with Crippen molar-refractivity contribution < 1.29 is 9.90 Å². The Morgan fingerprint density at radius 2 is 2.31 bits per heavy atom. The van der Waals surface area contributed by atoms with Crippen molar-refractivity contribution in [3.63, 3.8) is 0 Å². The van der Waals surface area contributed by atoms with Gasteiger partial charge in [-0.3, -0.25) is 4.79 Å². The number of benzene rings is 1. The molecular weight excluding hydrogens is 204 g/mol. The summed E-state index contributed by atoms with van der Waals surface area (Å²) < 4.78 is 0. The van der Waals surface area contributed by atoms with E-state index in [9.17, 15) is 4.79 Å². The maximum absolute atomic E-state index is 10.6. The largest absolute Gasteiger partial charge is 0.480 e. The molecule has 0 aliphatic heterocycles. The fourth-order valence-corrected chi connectivity index (χ4v) is 1.56. The molecule has 0 radical (unpaired) electrons. The fraction of sp³-hybridized carbons (Fsp3) is 0.250. The minimum absolute atomic E-state index is 0.528. The van der Waals surface area contributed by atoms with E-state index in [2.05, 4.69) is 10.3 Å². The van der Waals surface area contributed by atoms with Crippen LogP contribution in [0.5, 0.6) is 0 Å². The topological polar surface area (TPSA) is 65.1 Å². The molecular formula is C12H14N2O2. The molecule has 3 N–H and O–H groups in total. The molecule has 0 aliphatic rings. The minimum Gasteiger partial charge on any atom is -0.480 e. The van der Waals surface area contributed by atoms with Gasteiger partial charge in [-0.15, -0.1) is 0 Å². The van der Waals surface area contributed by atoms with Crippen LogP contribution in [0.15, 0.2) is 30.5 Å². The molecule has 0 amide bonds. The second-order valence-corrected chi connectivity index (χ2v) is 3.84. The Balaban J connectivity index is 2.06. The highest BCUT2D eigenvalue weighted by Gasteiger charge is 2.09. The number of aliphatic carboxylic acids is 1. The number of nitrogens with one attached hydrogen (secondary N) is 2. The van der Waals surface area contributed by atoms with Gasteiger partial charge >= 0.3 is 5.97 Å². The Hall–Kier alpha value is -1.81. The predicted molar refractivity (Wildman–Crippen MR) is 62.2 cm³/mol. The summed E-state index contributed by atoms with van der Waals surface area (Å²) in [5, 5.41) is 12.8. The van der Waals surface area contributed by atoms with Crippen molar-refractivity contribution >= 4 is 16.9 Å². The van der Waals surface area contributed by atoms with Gasteiger partial charge in [0.05, 0.1) is 0 Å². The lowest BCUT2D eigenvalue weighted by atomic mass is 10.1. The van der Waals surface area contributed by atoms with Gasteiger partial charge in [-0.25, -0.2) is 0 Å². The summed E-state index contributed by atoms with van der Waals surface area (Å²) in [6.45, 7) is 2.19. The summed E-state index contributed by atoms with van der Waals surface area (Å²) >= 11 is 0. The lowest BCUT2D eigenvalue weighted by molar-refractivity contribution is -0.139. The van der Waals surface area contributed by atoms with Gasteiger partial charge < -0.3 is 15.4 Å². The second kappa shape index (κ2) is 4.37. The van der Waals surface area contributed by atoms with Gasteiger partial charge in [0.25, 0.3) is 0 Å². The van der Waals surface area contributed by atoms with Crippen LogP contribution in [0.25, 0.3) is 10.9 Å². The number of carbonyl (C=O) groups is 1. The smallest absolute Gasteiger partial charge is 0.320 e. The molecule has 0 spiro atoms. The van der Waals surface area contributed by atoms with Crippen LogP contribution in [0, 0.1) is 0 Å². The average Bonchev–Trinajstić information content (AvgIpc) is 2.72. The number of hydrogen-bond acceptors (Lipinski definition) is 2. The fourth-order valence-electron chi connectivity index (χ4n) is 1.56. The number of hydrogen-bond donors (Lipinski definition) is 3. The molecule has 0 fully saturated rings. The number of aromatic nitrogens is 1. The van der Waals surface area contributed by atoms with Gasteiger partial charge in [0.1, 0.15) is 6.04 Å². The van der Waals surface area contributed by atoms with Crippen LogP contribution in [0.3, 0.4) is 0 Å². The lowest BCUT2D eigenvalue weighted by Crippen LogP contribution is -2.33. The van der Waals surface area contributed by atoms with Crippen molar-refractivity contribution in [2.24, 2.45) is 0 Å². The van der Waals surface area contributed by atoms with Crippen LogP contribution in [-0.4, -0.2) is 22.1 Å². The molecule has 0 aliphatic carbocycles. The summed E-state index contributed by atoms with van der Waals surface area (Å²) in [6.07, 6.45) is 1.89. The average molecular weight is 218 g/mol. The molecule has 1 atom stereocenters. The molecule has 1 aromatic heterocycles. The van der Waals surface area contributed by atoms with Crippen molar-refractivity contribution in [3.8, 4) is 0 Å². The summed E-state index contributed by atoms with van der Waals surface area (Å²) in [6, 6.07) is 7.52. The molecule has 1 unspecified atom stereocenters. The lowest BCUT2D eigenvalue weighted by Gasteiger charge is -2.08.